The lowest BCUT2D eigenvalue weighted by Gasteiger charge is -2.10. The van der Waals surface area contributed by atoms with E-state index in [0.717, 1.165) is 5.56 Å². The van der Waals surface area contributed by atoms with E-state index >= 15 is 0 Å². The van der Waals surface area contributed by atoms with Crippen LogP contribution in [0.1, 0.15) is 29.8 Å². The normalized spacial score (nSPS) is 10.6. The molecule has 2 rings (SSSR count). The van der Waals surface area contributed by atoms with E-state index in [0.29, 0.717) is 17.9 Å². The zero-order valence-corrected chi connectivity index (χ0v) is 12.4. The molecule has 0 spiro atoms. The van der Waals surface area contributed by atoms with Crippen LogP contribution in [0, 0.1) is 0 Å². The molecule has 0 bridgehead atoms. The van der Waals surface area contributed by atoms with Crippen LogP contribution in [-0.4, -0.2) is 18.5 Å². The summed E-state index contributed by atoms with van der Waals surface area (Å²) in [5.74, 6) is 0.666. The van der Waals surface area contributed by atoms with Gasteiger partial charge in [-0.15, -0.1) is 0 Å². The first-order valence-corrected chi connectivity index (χ1v) is 7.07. The van der Waals surface area contributed by atoms with Crippen LogP contribution >= 0.6 is 0 Å². The smallest absolute Gasteiger partial charge is 0.188 e. The zero-order valence-electron chi connectivity index (χ0n) is 12.4. The maximum absolute atomic E-state index is 12.1. The van der Waals surface area contributed by atoms with Gasteiger partial charge in [0.15, 0.2) is 5.78 Å². The second-order valence-corrected chi connectivity index (χ2v) is 5.10. The molecule has 0 aromatic heterocycles. The van der Waals surface area contributed by atoms with Gasteiger partial charge in [0.2, 0.25) is 0 Å². The molecule has 0 aliphatic heterocycles. The maximum atomic E-state index is 12.1. The predicted octanol–water partition coefficient (Wildman–Crippen LogP) is 3.87. The van der Waals surface area contributed by atoms with Gasteiger partial charge in [0.05, 0.1) is 12.7 Å². The Labute approximate surface area is 125 Å². The van der Waals surface area contributed by atoms with Gasteiger partial charge in [0.1, 0.15) is 12.4 Å². The fourth-order valence-electron chi connectivity index (χ4n) is 1.93. The first-order valence-electron chi connectivity index (χ1n) is 7.07. The van der Waals surface area contributed by atoms with Crippen LogP contribution in [-0.2, 0) is 11.3 Å². The average molecular weight is 284 g/mol. The number of hydrogen-bond acceptors (Lipinski definition) is 3. The highest BCUT2D eigenvalue weighted by Crippen LogP contribution is 2.15. The van der Waals surface area contributed by atoms with Gasteiger partial charge in [-0.3, -0.25) is 4.79 Å². The van der Waals surface area contributed by atoms with Gasteiger partial charge in [0.25, 0.3) is 0 Å². The van der Waals surface area contributed by atoms with E-state index < -0.39 is 0 Å². The Morgan fingerprint density at radius 3 is 2.52 bits per heavy atom. The van der Waals surface area contributed by atoms with Crippen LogP contribution in [0.5, 0.6) is 5.75 Å². The minimum absolute atomic E-state index is 0.0415. The van der Waals surface area contributed by atoms with Crippen LogP contribution in [0.4, 0.5) is 0 Å². The van der Waals surface area contributed by atoms with Gasteiger partial charge in [-0.1, -0.05) is 42.5 Å². The third kappa shape index (κ3) is 5.04. The monoisotopic (exact) mass is 284 g/mol. The molecule has 0 fully saturated rings. The first kappa shape index (κ1) is 15.3. The summed E-state index contributed by atoms with van der Waals surface area (Å²) in [6, 6.07) is 17.0. The van der Waals surface area contributed by atoms with Crippen molar-refractivity contribution in [3.05, 3.63) is 65.7 Å². The van der Waals surface area contributed by atoms with E-state index in [-0.39, 0.29) is 18.5 Å². The number of hydrogen-bond donors (Lipinski definition) is 0. The van der Waals surface area contributed by atoms with Crippen LogP contribution in [0.2, 0.25) is 0 Å². The molecule has 3 nitrogen and oxygen atoms in total. The Balaban J connectivity index is 1.88. The Hall–Kier alpha value is -2.13. The van der Waals surface area contributed by atoms with Crippen LogP contribution < -0.4 is 4.74 Å². The molecule has 0 unspecified atom stereocenters. The summed E-state index contributed by atoms with van der Waals surface area (Å²) in [6.07, 6.45) is 0.0877. The SMILES string of the molecule is CC(C)Oc1cccc(C(=O)COCc2ccccc2)c1. The highest BCUT2D eigenvalue weighted by atomic mass is 16.5. The quantitative estimate of drug-likeness (QED) is 0.724. The van der Waals surface area contributed by atoms with Gasteiger partial charge in [0, 0.05) is 5.56 Å². The average Bonchev–Trinajstić information content (AvgIpc) is 2.48. The summed E-state index contributed by atoms with van der Waals surface area (Å²) in [5, 5.41) is 0. The topological polar surface area (TPSA) is 35.5 Å². The van der Waals surface area contributed by atoms with Crippen molar-refractivity contribution in [2.75, 3.05) is 6.61 Å². The second-order valence-electron chi connectivity index (χ2n) is 5.10. The largest absolute Gasteiger partial charge is 0.491 e. The standard InChI is InChI=1S/C18H20O3/c1-14(2)21-17-10-6-9-16(11-17)18(19)13-20-12-15-7-4-3-5-8-15/h3-11,14H,12-13H2,1-2H3. The van der Waals surface area contributed by atoms with Crippen LogP contribution in [0.25, 0.3) is 0 Å². The van der Waals surface area contributed by atoms with Crippen molar-refractivity contribution in [2.45, 2.75) is 26.6 Å². The minimum atomic E-state index is -0.0415. The highest BCUT2D eigenvalue weighted by molar-refractivity contribution is 5.97. The fourth-order valence-corrected chi connectivity index (χ4v) is 1.93. The summed E-state index contributed by atoms with van der Waals surface area (Å²) in [7, 11) is 0. The van der Waals surface area contributed by atoms with E-state index in [9.17, 15) is 4.79 Å². The summed E-state index contributed by atoms with van der Waals surface area (Å²) in [5.41, 5.74) is 1.67. The lowest BCUT2D eigenvalue weighted by atomic mass is 10.1. The van der Waals surface area contributed by atoms with Crippen molar-refractivity contribution < 1.29 is 14.3 Å². The van der Waals surface area contributed by atoms with Gasteiger partial charge < -0.3 is 9.47 Å². The van der Waals surface area contributed by atoms with Crippen molar-refractivity contribution in [2.24, 2.45) is 0 Å². The molecule has 2 aromatic rings. The van der Waals surface area contributed by atoms with Crippen molar-refractivity contribution in [1.29, 1.82) is 0 Å². The number of carbonyl (C=O) groups is 1. The van der Waals surface area contributed by atoms with Crippen LogP contribution in [0.3, 0.4) is 0 Å². The highest BCUT2D eigenvalue weighted by Gasteiger charge is 2.08. The molecular weight excluding hydrogens is 264 g/mol. The molecule has 3 heteroatoms. The van der Waals surface area contributed by atoms with E-state index in [1.54, 1.807) is 12.1 Å². The lowest BCUT2D eigenvalue weighted by Crippen LogP contribution is -2.10. The van der Waals surface area contributed by atoms with E-state index in [1.807, 2.05) is 56.3 Å². The van der Waals surface area contributed by atoms with Crippen molar-refractivity contribution in [3.8, 4) is 5.75 Å². The molecular formula is C18H20O3. The predicted molar refractivity (Wildman–Crippen MR) is 82.6 cm³/mol. The van der Waals surface area contributed by atoms with Crippen molar-refractivity contribution in [3.63, 3.8) is 0 Å². The number of carbonyl (C=O) groups excluding carboxylic acids is 1. The Morgan fingerprint density at radius 1 is 1.05 bits per heavy atom. The van der Waals surface area contributed by atoms with Gasteiger partial charge in [-0.05, 0) is 31.5 Å². The molecule has 0 atom stereocenters. The van der Waals surface area contributed by atoms with Crippen LogP contribution in [0.15, 0.2) is 54.6 Å². The maximum Gasteiger partial charge on any atom is 0.188 e. The third-order valence-corrected chi connectivity index (χ3v) is 2.87. The summed E-state index contributed by atoms with van der Waals surface area (Å²) < 4.78 is 11.1. The van der Waals surface area contributed by atoms with Crippen molar-refractivity contribution in [1.82, 2.24) is 0 Å². The molecule has 0 radical (unpaired) electrons. The molecule has 0 amide bonds. The molecule has 0 saturated heterocycles. The number of ketones is 1. The number of Topliss-reactive ketones (excluding diaryl/α,β-unsaturated/α-hetero) is 1. The molecule has 0 aliphatic carbocycles. The van der Waals surface area contributed by atoms with Gasteiger partial charge in [-0.25, -0.2) is 0 Å². The minimum Gasteiger partial charge on any atom is -0.491 e. The Bertz CT molecular complexity index is 576. The van der Waals surface area contributed by atoms with Gasteiger partial charge in [-0.2, -0.15) is 0 Å². The lowest BCUT2D eigenvalue weighted by molar-refractivity contribution is 0.0726. The van der Waals surface area contributed by atoms with Crippen molar-refractivity contribution >= 4 is 5.78 Å². The molecule has 0 N–H and O–H groups in total. The molecule has 0 heterocycles. The second kappa shape index (κ2) is 7.60. The van der Waals surface area contributed by atoms with E-state index in [2.05, 4.69) is 0 Å². The number of ether oxygens (including phenoxy) is 2. The Morgan fingerprint density at radius 2 is 1.81 bits per heavy atom. The first-order chi connectivity index (χ1) is 10.1. The summed E-state index contributed by atoms with van der Waals surface area (Å²) in [6.45, 7) is 4.42. The molecule has 2 aromatic carbocycles. The van der Waals surface area contributed by atoms with E-state index in [4.69, 9.17) is 9.47 Å². The zero-order chi connectivity index (χ0) is 15.1. The Kier molecular flexibility index (Phi) is 5.52. The van der Waals surface area contributed by atoms with Gasteiger partial charge >= 0.3 is 0 Å². The molecule has 0 saturated carbocycles. The summed E-state index contributed by atoms with van der Waals surface area (Å²) >= 11 is 0. The number of benzene rings is 2. The summed E-state index contributed by atoms with van der Waals surface area (Å²) in [4.78, 5) is 12.1. The fraction of sp³-hybridized carbons (Fsp3) is 0.278. The molecule has 0 aliphatic rings. The number of rotatable bonds is 7. The molecule has 110 valence electrons. The van der Waals surface area contributed by atoms with E-state index in [1.165, 1.54) is 0 Å². The third-order valence-electron chi connectivity index (χ3n) is 2.87. The molecule has 21 heavy (non-hydrogen) atoms.